The predicted octanol–water partition coefficient (Wildman–Crippen LogP) is -1.51. The van der Waals surface area contributed by atoms with E-state index >= 15 is 0 Å². The van der Waals surface area contributed by atoms with Crippen molar-refractivity contribution in [3.63, 3.8) is 0 Å². The molecule has 0 aliphatic carbocycles. The number of ether oxygens (including phenoxy) is 4. The van der Waals surface area contributed by atoms with Crippen LogP contribution in [0.15, 0.2) is 33.9 Å². The van der Waals surface area contributed by atoms with Gasteiger partial charge in [-0.2, -0.15) is 11.8 Å². The highest BCUT2D eigenvalue weighted by atomic mass is 32.2. The van der Waals surface area contributed by atoms with Gasteiger partial charge in [0.05, 0.1) is 69.8 Å². The molecular formula is C49H72F2N8O17S. The number of aliphatic hydroxyl groups excluding tert-OH is 4. The van der Waals surface area contributed by atoms with Crippen LogP contribution < -0.4 is 53.4 Å². The highest BCUT2D eigenvalue weighted by Crippen LogP contribution is 2.35. The SMILES string of the molecule is O=C(CCCC[C@H]1SC[C@H]2NC(=O)N[C@H]21)NCCOCCC(=O)NCCOCCNc1c(NCCCCCCO[C@]2(C(=O)O)C[C@H](O)[C@@H](NC(=O)CO)[C@H]([C@H](O)[C@H](O)CNC(=O)Cc3ccc(C(F)F)cc3)O2)c(=O)c1=O. The number of carboxylic acids is 1. The lowest BCUT2D eigenvalue weighted by Crippen LogP contribution is -2.68. The van der Waals surface area contributed by atoms with E-state index < -0.39 is 90.9 Å². The molecule has 25 nitrogen and oxygen atoms in total. The maximum atomic E-state index is 12.9. The van der Waals surface area contributed by atoms with E-state index in [-0.39, 0.29) is 112 Å². The van der Waals surface area contributed by atoms with Crippen LogP contribution in [0.1, 0.15) is 81.8 Å². The van der Waals surface area contributed by atoms with Crippen molar-refractivity contribution in [3.8, 4) is 0 Å². The first-order valence-corrected chi connectivity index (χ1v) is 26.8. The zero-order chi connectivity index (χ0) is 55.9. The fraction of sp³-hybridized carbons (Fsp3) is 0.673. The fourth-order valence-corrected chi connectivity index (χ4v) is 10.4. The molecule has 0 radical (unpaired) electrons. The number of hydrogen-bond acceptors (Lipinski definition) is 19. The highest BCUT2D eigenvalue weighted by Gasteiger charge is 2.56. The smallest absolute Gasteiger partial charge is 0.364 e. The zero-order valence-electron chi connectivity index (χ0n) is 42.6. The van der Waals surface area contributed by atoms with Crippen molar-refractivity contribution in [1.29, 1.82) is 0 Å². The van der Waals surface area contributed by atoms with E-state index in [2.05, 4.69) is 42.5 Å². The second kappa shape index (κ2) is 31.7. The Hall–Kier alpha value is -5.59. The number of carbonyl (C=O) groups is 6. The standard InChI is InChI=1S/C49H72F2N8O17S/c50-46(51)29-11-9-28(10-12-29)23-36(65)56-25-32(62)42(67)45-39(58-37(66)26-60)31(61)24-49(76-45,47(70)71)75-18-6-2-1-5-14-54-40-41(44(69)43(40)68)55-17-22-74-21-16-53-35(64)13-19-73-20-15-52-34(63)8-4-3-7-33-38-30(27-77-33)57-48(72)59-38/h9-12,30-33,38-39,42,45-46,54-55,60-62,67H,1-8,13-27H2,(H,52,63)(H,53,64)(H,56,65)(H,58,66)(H,70,71)(H2,57,59,72)/t30-,31+,32-,33-,38-,39-,42-,45-,49-/m1/s1. The third kappa shape index (κ3) is 19.4. The molecule has 13 N–H and O–H groups in total. The number of aliphatic hydroxyl groups is 4. The summed E-state index contributed by atoms with van der Waals surface area (Å²) in [6, 6.07) is 3.65. The van der Waals surface area contributed by atoms with Gasteiger partial charge in [-0.05, 0) is 31.2 Å². The van der Waals surface area contributed by atoms with Gasteiger partial charge in [0.2, 0.25) is 23.6 Å². The predicted molar refractivity (Wildman–Crippen MR) is 274 cm³/mol. The van der Waals surface area contributed by atoms with Crippen LogP contribution in [0.5, 0.6) is 0 Å². The molecule has 3 heterocycles. The summed E-state index contributed by atoms with van der Waals surface area (Å²) in [7, 11) is 0. The minimum absolute atomic E-state index is 0.0627. The lowest BCUT2D eigenvalue weighted by atomic mass is 9.88. The Labute approximate surface area is 446 Å². The summed E-state index contributed by atoms with van der Waals surface area (Å²) in [6.07, 6.45) is -6.20. The molecule has 28 heteroatoms. The topological polar surface area (TPSA) is 371 Å². The van der Waals surface area contributed by atoms with E-state index in [1.165, 1.54) is 12.1 Å². The van der Waals surface area contributed by atoms with Crippen molar-refractivity contribution in [2.45, 2.75) is 131 Å². The number of fused-ring (bicyclic) bond motifs is 1. The van der Waals surface area contributed by atoms with Crippen molar-refractivity contribution in [1.82, 2.24) is 31.9 Å². The van der Waals surface area contributed by atoms with E-state index in [1.807, 2.05) is 11.8 Å². The lowest BCUT2D eigenvalue weighted by molar-refractivity contribution is -0.310. The normalized spacial score (nSPS) is 22.6. The summed E-state index contributed by atoms with van der Waals surface area (Å²) in [4.78, 5) is 97.6. The number of unbranched alkanes of at least 4 members (excludes halogenated alkanes) is 4. The van der Waals surface area contributed by atoms with Crippen LogP contribution in [0.4, 0.5) is 25.0 Å². The highest BCUT2D eigenvalue weighted by molar-refractivity contribution is 8.00. The van der Waals surface area contributed by atoms with Crippen LogP contribution in [-0.4, -0.2) is 193 Å². The number of urea groups is 1. The molecule has 0 unspecified atom stereocenters. The number of anilines is 2. The van der Waals surface area contributed by atoms with Crippen molar-refractivity contribution >= 4 is 58.8 Å². The van der Waals surface area contributed by atoms with Gasteiger partial charge in [0.1, 0.15) is 30.2 Å². The summed E-state index contributed by atoms with van der Waals surface area (Å²) < 4.78 is 48.1. The van der Waals surface area contributed by atoms with Crippen molar-refractivity contribution in [3.05, 3.63) is 55.8 Å². The molecule has 2 aromatic carbocycles. The Kier molecular flexibility index (Phi) is 25.6. The monoisotopic (exact) mass is 1110 g/mol. The summed E-state index contributed by atoms with van der Waals surface area (Å²) in [5, 5.41) is 74.8. The number of carbonyl (C=O) groups excluding carboxylic acids is 5. The van der Waals surface area contributed by atoms with Gasteiger partial charge in [-0.25, -0.2) is 18.4 Å². The summed E-state index contributed by atoms with van der Waals surface area (Å²) in [6.45, 7) is 0.0332. The Balaban J connectivity index is 0.897. The van der Waals surface area contributed by atoms with Gasteiger partial charge in [-0.3, -0.25) is 28.8 Å². The maximum absolute atomic E-state index is 12.9. The van der Waals surface area contributed by atoms with E-state index in [9.17, 15) is 72.7 Å². The zero-order valence-corrected chi connectivity index (χ0v) is 43.4. The fourth-order valence-electron chi connectivity index (χ4n) is 8.89. The molecule has 3 aliphatic rings. The summed E-state index contributed by atoms with van der Waals surface area (Å²) in [5.41, 5.74) is -0.969. The average molecular weight is 1120 g/mol. The molecule has 3 fully saturated rings. The first kappa shape index (κ1) is 62.3. The van der Waals surface area contributed by atoms with Gasteiger partial charge in [0, 0.05) is 68.6 Å². The number of amides is 6. The quantitative estimate of drug-likeness (QED) is 0.0208. The number of carboxylic acid groups (broad SMARTS) is 1. The third-order valence-corrected chi connectivity index (χ3v) is 14.6. The number of thioether (sulfide) groups is 1. The molecule has 9 atom stereocenters. The van der Waals surface area contributed by atoms with Crippen LogP contribution >= 0.6 is 11.8 Å². The van der Waals surface area contributed by atoms with Crippen molar-refractivity contribution in [2.24, 2.45) is 0 Å². The van der Waals surface area contributed by atoms with Crippen LogP contribution in [-0.2, 0) is 49.3 Å². The largest absolute Gasteiger partial charge is 0.477 e. The first-order chi connectivity index (χ1) is 36.9. The van der Waals surface area contributed by atoms with Gasteiger partial charge < -0.3 is 87.0 Å². The number of benzene rings is 1. The molecule has 0 saturated carbocycles. The number of hydrogen-bond donors (Lipinski definition) is 13. The molecule has 3 aliphatic heterocycles. The Morgan fingerprint density at radius 2 is 1.42 bits per heavy atom. The van der Waals surface area contributed by atoms with E-state index in [0.29, 0.717) is 49.6 Å². The first-order valence-electron chi connectivity index (χ1n) is 25.7. The molecule has 0 spiro atoms. The lowest BCUT2D eigenvalue weighted by Gasteiger charge is -2.46. The van der Waals surface area contributed by atoms with Crippen LogP contribution in [0, 0.1) is 0 Å². The summed E-state index contributed by atoms with van der Waals surface area (Å²) >= 11 is 1.85. The average Bonchev–Trinajstić information content (AvgIpc) is 3.98. The van der Waals surface area contributed by atoms with E-state index in [1.54, 1.807) is 0 Å². The number of rotatable bonds is 37. The van der Waals surface area contributed by atoms with Gasteiger partial charge >= 0.3 is 12.0 Å². The van der Waals surface area contributed by atoms with Crippen LogP contribution in [0.2, 0.25) is 0 Å². The Morgan fingerprint density at radius 3 is 2.09 bits per heavy atom. The maximum Gasteiger partial charge on any atom is 0.364 e. The number of nitrogens with one attached hydrogen (secondary N) is 8. The molecule has 0 bridgehead atoms. The molecular weight excluding hydrogens is 1040 g/mol. The Morgan fingerprint density at radius 1 is 0.766 bits per heavy atom. The minimum atomic E-state index is -2.70. The molecule has 5 rings (SSSR count). The van der Waals surface area contributed by atoms with Gasteiger partial charge in [-0.15, -0.1) is 0 Å². The number of aliphatic carboxylic acids is 1. The molecule has 77 heavy (non-hydrogen) atoms. The molecule has 2 aromatic rings. The molecule has 6 amide bonds. The molecule has 430 valence electrons. The minimum Gasteiger partial charge on any atom is -0.477 e. The van der Waals surface area contributed by atoms with E-state index in [4.69, 9.17) is 18.9 Å². The molecule has 3 saturated heterocycles. The van der Waals surface area contributed by atoms with Gasteiger partial charge in [-0.1, -0.05) is 43.5 Å². The van der Waals surface area contributed by atoms with Gasteiger partial charge in [0.25, 0.3) is 23.1 Å². The van der Waals surface area contributed by atoms with Crippen LogP contribution in [0.25, 0.3) is 0 Å². The second-order valence-corrected chi connectivity index (χ2v) is 20.1. The second-order valence-electron chi connectivity index (χ2n) is 18.8. The Bertz CT molecular complexity index is 2320. The number of alkyl halides is 2. The number of halogens is 2. The third-order valence-electron chi connectivity index (χ3n) is 13.1. The van der Waals surface area contributed by atoms with Crippen LogP contribution in [0.3, 0.4) is 0 Å². The van der Waals surface area contributed by atoms with Gasteiger partial charge in [0.15, 0.2) is 0 Å². The van der Waals surface area contributed by atoms with Crippen molar-refractivity contribution in [2.75, 3.05) is 88.8 Å². The molecule has 0 aromatic heterocycles. The van der Waals surface area contributed by atoms with E-state index in [0.717, 1.165) is 37.1 Å². The van der Waals surface area contributed by atoms with Crippen molar-refractivity contribution < 1.29 is 82.0 Å². The summed E-state index contributed by atoms with van der Waals surface area (Å²) in [5.74, 6) is -5.33.